The zero-order chi connectivity index (χ0) is 34.4. The molecule has 1 aromatic rings. The molecule has 0 spiro atoms. The molecule has 0 radical (unpaired) electrons. The van der Waals surface area contributed by atoms with Crippen molar-refractivity contribution in [1.82, 2.24) is 0 Å². The van der Waals surface area contributed by atoms with Crippen molar-refractivity contribution in [2.24, 2.45) is 0 Å². The average Bonchev–Trinajstić information content (AvgIpc) is 3.10. The molecule has 0 fully saturated rings. The van der Waals surface area contributed by atoms with E-state index in [1.165, 1.54) is 251 Å². The number of hydrogen-bond donors (Lipinski definition) is 0. The van der Waals surface area contributed by atoms with Gasteiger partial charge >= 0.3 is 0 Å². The van der Waals surface area contributed by atoms with Gasteiger partial charge in [-0.2, -0.15) is 0 Å². The number of aromatic nitrogens is 1. The maximum Gasteiger partial charge on any atom is 0.172 e. The summed E-state index contributed by atoms with van der Waals surface area (Å²) in [4.78, 5) is 0. The normalized spacial score (nSPS) is 11.6. The van der Waals surface area contributed by atoms with E-state index < -0.39 is 0 Å². The largest absolute Gasteiger partial charge is 0.205 e. The molecule has 1 heterocycles. The van der Waals surface area contributed by atoms with Gasteiger partial charge in [0.2, 0.25) is 0 Å². The van der Waals surface area contributed by atoms with Crippen molar-refractivity contribution in [3.8, 4) is 0 Å². The number of nitrogens with zero attached hydrogens (tertiary/aromatic N) is 1. The first-order chi connectivity index (χ1) is 23.8. The van der Waals surface area contributed by atoms with Crippen LogP contribution in [0, 0.1) is 0 Å². The molecule has 0 bridgehead atoms. The number of pyridine rings is 1. The molecular formula is C47H90N+. The van der Waals surface area contributed by atoms with Crippen LogP contribution in [-0.4, -0.2) is 0 Å². The van der Waals surface area contributed by atoms with Gasteiger partial charge in [-0.1, -0.05) is 226 Å². The van der Waals surface area contributed by atoms with E-state index >= 15 is 0 Å². The van der Waals surface area contributed by atoms with Gasteiger partial charge in [-0.3, -0.25) is 0 Å². The third-order valence-corrected chi connectivity index (χ3v) is 11.1. The lowest BCUT2D eigenvalue weighted by Gasteiger charge is -2.10. The summed E-state index contributed by atoms with van der Waals surface area (Å²) in [5.74, 6) is 0. The zero-order valence-electron chi connectivity index (χ0n) is 33.8. The molecule has 0 aromatic carbocycles. The standard InChI is InChI=1S/C47H90N/c1-4-7-10-13-16-19-22-23-24-27-30-33-36-39-43-48-44-42-46(40-37-34-31-28-25-20-17-14-11-8-5-2)47(45-48)41-38-35-32-29-26-21-18-15-12-9-6-3/h42,44-45H,4-41,43H2,1-3H3/q+1. The van der Waals surface area contributed by atoms with Crippen molar-refractivity contribution in [1.29, 1.82) is 0 Å². The second kappa shape index (κ2) is 37.4. The monoisotopic (exact) mass is 669 g/mol. The highest BCUT2D eigenvalue weighted by atomic mass is 14.9. The van der Waals surface area contributed by atoms with E-state index in [0.717, 1.165) is 0 Å². The van der Waals surface area contributed by atoms with E-state index in [9.17, 15) is 0 Å². The van der Waals surface area contributed by atoms with E-state index in [4.69, 9.17) is 0 Å². The molecule has 0 N–H and O–H groups in total. The minimum absolute atomic E-state index is 1.21. The van der Waals surface area contributed by atoms with Gasteiger partial charge in [-0.25, -0.2) is 4.57 Å². The van der Waals surface area contributed by atoms with Crippen LogP contribution in [0.3, 0.4) is 0 Å². The van der Waals surface area contributed by atoms with Crippen LogP contribution in [0.4, 0.5) is 0 Å². The average molecular weight is 669 g/mol. The van der Waals surface area contributed by atoms with Gasteiger partial charge in [0, 0.05) is 18.1 Å². The van der Waals surface area contributed by atoms with Crippen LogP contribution in [0.1, 0.15) is 263 Å². The predicted octanol–water partition coefficient (Wildman–Crippen LogP) is 16.2. The van der Waals surface area contributed by atoms with E-state index in [1.807, 2.05) is 0 Å². The van der Waals surface area contributed by atoms with E-state index in [1.54, 1.807) is 11.1 Å². The highest BCUT2D eigenvalue weighted by molar-refractivity contribution is 5.21. The molecular weight excluding hydrogens is 579 g/mol. The van der Waals surface area contributed by atoms with Crippen LogP contribution in [-0.2, 0) is 19.4 Å². The lowest BCUT2D eigenvalue weighted by Crippen LogP contribution is -2.34. The summed E-state index contributed by atoms with van der Waals surface area (Å²) in [6, 6.07) is 2.51. The first-order valence-corrected chi connectivity index (χ1v) is 22.8. The highest BCUT2D eigenvalue weighted by Crippen LogP contribution is 2.18. The van der Waals surface area contributed by atoms with Crippen molar-refractivity contribution < 1.29 is 4.57 Å². The minimum atomic E-state index is 1.21. The van der Waals surface area contributed by atoms with E-state index in [-0.39, 0.29) is 0 Å². The smallest absolute Gasteiger partial charge is 0.172 e. The molecule has 1 rings (SSSR count). The topological polar surface area (TPSA) is 3.88 Å². The maximum absolute atomic E-state index is 2.56. The minimum Gasteiger partial charge on any atom is -0.205 e. The Morgan fingerprint density at radius 1 is 0.312 bits per heavy atom. The van der Waals surface area contributed by atoms with Crippen molar-refractivity contribution in [2.45, 2.75) is 271 Å². The molecule has 0 aliphatic carbocycles. The predicted molar refractivity (Wildman–Crippen MR) is 217 cm³/mol. The Morgan fingerprint density at radius 2 is 0.583 bits per heavy atom. The molecule has 0 unspecified atom stereocenters. The van der Waals surface area contributed by atoms with Gasteiger partial charge in [0.05, 0.1) is 0 Å². The van der Waals surface area contributed by atoms with Crippen LogP contribution >= 0.6 is 0 Å². The number of aryl methyl sites for hydroxylation is 3. The van der Waals surface area contributed by atoms with Crippen LogP contribution in [0.25, 0.3) is 0 Å². The summed E-state index contributed by atoms with van der Waals surface area (Å²) in [6.07, 6.45) is 59.3. The van der Waals surface area contributed by atoms with Crippen molar-refractivity contribution in [2.75, 3.05) is 0 Å². The molecule has 0 saturated heterocycles. The van der Waals surface area contributed by atoms with Gasteiger partial charge in [-0.15, -0.1) is 0 Å². The fraction of sp³-hybridized carbons (Fsp3) is 0.894. The molecule has 0 aliphatic heterocycles. The Kier molecular flexibility index (Phi) is 35.2. The van der Waals surface area contributed by atoms with Gasteiger partial charge in [0.1, 0.15) is 6.54 Å². The fourth-order valence-electron chi connectivity index (χ4n) is 7.68. The summed E-state index contributed by atoms with van der Waals surface area (Å²) in [5.41, 5.74) is 3.33. The van der Waals surface area contributed by atoms with Crippen LogP contribution in [0.2, 0.25) is 0 Å². The Morgan fingerprint density at radius 3 is 0.917 bits per heavy atom. The highest BCUT2D eigenvalue weighted by Gasteiger charge is 2.10. The number of unbranched alkanes of at least 4 members (excludes halogenated alkanes) is 33. The van der Waals surface area contributed by atoms with Crippen LogP contribution in [0.5, 0.6) is 0 Å². The summed E-state index contributed by atoms with van der Waals surface area (Å²) in [7, 11) is 0. The molecule has 0 aliphatic rings. The molecule has 0 atom stereocenters. The van der Waals surface area contributed by atoms with Gasteiger partial charge in [0.15, 0.2) is 12.4 Å². The van der Waals surface area contributed by atoms with Crippen molar-refractivity contribution >= 4 is 0 Å². The molecule has 1 aromatic heterocycles. The first-order valence-electron chi connectivity index (χ1n) is 22.8. The first kappa shape index (κ1) is 45.2. The van der Waals surface area contributed by atoms with Crippen molar-refractivity contribution in [3.05, 3.63) is 29.6 Å². The third kappa shape index (κ3) is 30.0. The van der Waals surface area contributed by atoms with E-state index in [0.29, 0.717) is 0 Å². The van der Waals surface area contributed by atoms with E-state index in [2.05, 4.69) is 43.8 Å². The van der Waals surface area contributed by atoms with Gasteiger partial charge in [0.25, 0.3) is 0 Å². The lowest BCUT2D eigenvalue weighted by atomic mass is 9.97. The molecule has 1 nitrogen and oxygen atoms in total. The molecule has 0 amide bonds. The van der Waals surface area contributed by atoms with Crippen LogP contribution < -0.4 is 4.57 Å². The summed E-state index contributed by atoms with van der Waals surface area (Å²) in [6.45, 7) is 8.16. The third-order valence-electron chi connectivity index (χ3n) is 11.1. The molecule has 0 saturated carbocycles. The lowest BCUT2D eigenvalue weighted by molar-refractivity contribution is -0.697. The fourth-order valence-corrected chi connectivity index (χ4v) is 7.68. The maximum atomic E-state index is 2.56. The summed E-state index contributed by atoms with van der Waals surface area (Å²) in [5, 5.41) is 0. The Bertz CT molecular complexity index is 753. The second-order valence-corrected chi connectivity index (χ2v) is 15.9. The number of hydrogen-bond acceptors (Lipinski definition) is 0. The second-order valence-electron chi connectivity index (χ2n) is 15.9. The summed E-state index contributed by atoms with van der Waals surface area (Å²) < 4.78 is 2.54. The quantitative estimate of drug-likeness (QED) is 0.0485. The SMILES string of the molecule is CCCCCCCCCCCCCCCC[n+]1ccc(CCCCCCCCCCCCC)c(CCCCCCCCCCCCC)c1. The molecule has 48 heavy (non-hydrogen) atoms. The number of rotatable bonds is 39. The Balaban J connectivity index is 2.30. The Labute approximate surface area is 304 Å². The van der Waals surface area contributed by atoms with Gasteiger partial charge in [-0.05, 0) is 37.7 Å². The van der Waals surface area contributed by atoms with Crippen LogP contribution in [0.15, 0.2) is 18.5 Å². The summed E-state index contributed by atoms with van der Waals surface area (Å²) >= 11 is 0. The molecule has 282 valence electrons. The molecule has 1 heteroatoms. The van der Waals surface area contributed by atoms with Crippen molar-refractivity contribution in [3.63, 3.8) is 0 Å². The zero-order valence-corrected chi connectivity index (χ0v) is 33.8. The Hall–Kier alpha value is -0.850. The van der Waals surface area contributed by atoms with Gasteiger partial charge < -0.3 is 0 Å².